The predicted octanol–water partition coefficient (Wildman–Crippen LogP) is 3.70. The van der Waals surface area contributed by atoms with E-state index < -0.39 is 0 Å². The Balaban J connectivity index is 1.49. The van der Waals surface area contributed by atoms with Gasteiger partial charge in [-0.3, -0.25) is 0 Å². The Morgan fingerprint density at radius 3 is 2.19 bits per heavy atom. The molecule has 26 heavy (non-hydrogen) atoms. The number of carbonyl (C=O) groups is 1. The monoisotopic (exact) mass is 358 g/mol. The van der Waals surface area contributed by atoms with E-state index in [0.717, 1.165) is 52.1 Å². The molecular weight excluding hydrogens is 324 g/mol. The van der Waals surface area contributed by atoms with Crippen molar-refractivity contribution in [1.82, 2.24) is 10.2 Å². The number of hydrogen-bond acceptors (Lipinski definition) is 3. The summed E-state index contributed by atoms with van der Waals surface area (Å²) < 4.78 is 0. The Morgan fingerprint density at radius 2 is 1.62 bits per heavy atom. The Kier molecular flexibility index (Phi) is 6.64. The molecule has 0 radical (unpaired) electrons. The topological polar surface area (TPSA) is 38.8 Å². The highest BCUT2D eigenvalue weighted by molar-refractivity contribution is 5.75. The maximum Gasteiger partial charge on any atom is 0.317 e. The molecule has 5 heteroatoms. The van der Waals surface area contributed by atoms with Crippen LogP contribution in [-0.4, -0.2) is 56.2 Å². The van der Waals surface area contributed by atoms with Crippen molar-refractivity contribution >= 4 is 17.4 Å². The van der Waals surface area contributed by atoms with E-state index in [1.807, 2.05) is 4.90 Å². The van der Waals surface area contributed by atoms with Gasteiger partial charge in [-0.1, -0.05) is 19.3 Å². The lowest BCUT2D eigenvalue weighted by molar-refractivity contribution is 0.186. The molecule has 1 aliphatic heterocycles. The Labute approximate surface area is 158 Å². The van der Waals surface area contributed by atoms with Crippen LogP contribution in [0, 0.1) is 0 Å². The lowest BCUT2D eigenvalue weighted by atomic mass is 9.96. The van der Waals surface area contributed by atoms with Crippen LogP contribution in [0.25, 0.3) is 0 Å². The summed E-state index contributed by atoms with van der Waals surface area (Å²) in [6, 6.07) is 9.38. The maximum absolute atomic E-state index is 12.5. The van der Waals surface area contributed by atoms with E-state index in [1.54, 1.807) is 0 Å². The second-order valence-electron chi connectivity index (χ2n) is 7.45. The maximum atomic E-state index is 12.5. The zero-order chi connectivity index (χ0) is 18.4. The van der Waals surface area contributed by atoms with Gasteiger partial charge in [0.05, 0.1) is 0 Å². The predicted molar refractivity (Wildman–Crippen MR) is 109 cm³/mol. The fraction of sp³-hybridized carbons (Fsp3) is 0.667. The number of hydrogen-bond donors (Lipinski definition) is 1. The number of nitrogens with zero attached hydrogens (tertiary/aromatic N) is 3. The van der Waals surface area contributed by atoms with Crippen molar-refractivity contribution in [3.05, 3.63) is 24.3 Å². The van der Waals surface area contributed by atoms with Crippen LogP contribution in [-0.2, 0) is 0 Å². The average Bonchev–Trinajstić information content (AvgIpc) is 2.70. The van der Waals surface area contributed by atoms with Crippen LogP contribution in [0.1, 0.15) is 46.0 Å². The summed E-state index contributed by atoms with van der Waals surface area (Å²) in [5, 5.41) is 3.24. The molecule has 1 N–H and O–H groups in total. The summed E-state index contributed by atoms with van der Waals surface area (Å²) in [6.45, 7) is 9.86. The molecule has 1 heterocycles. The molecule has 2 aliphatic rings. The van der Waals surface area contributed by atoms with Crippen molar-refractivity contribution in [3.63, 3.8) is 0 Å². The number of nitrogens with one attached hydrogen (secondary N) is 1. The van der Waals surface area contributed by atoms with Crippen molar-refractivity contribution in [2.45, 2.75) is 52.0 Å². The molecule has 1 saturated heterocycles. The number of benzene rings is 1. The van der Waals surface area contributed by atoms with E-state index in [2.05, 4.69) is 53.2 Å². The number of amides is 2. The first-order valence-corrected chi connectivity index (χ1v) is 10.4. The lowest BCUT2D eigenvalue weighted by Crippen LogP contribution is -2.53. The number of anilines is 2. The number of rotatable bonds is 5. The van der Waals surface area contributed by atoms with Gasteiger partial charge in [0.25, 0.3) is 0 Å². The second-order valence-corrected chi connectivity index (χ2v) is 7.45. The van der Waals surface area contributed by atoms with E-state index in [9.17, 15) is 4.79 Å². The third-order valence-corrected chi connectivity index (χ3v) is 5.84. The Hall–Kier alpha value is -1.91. The largest absolute Gasteiger partial charge is 0.372 e. The van der Waals surface area contributed by atoms with Gasteiger partial charge < -0.3 is 20.0 Å². The van der Waals surface area contributed by atoms with Gasteiger partial charge in [-0.25, -0.2) is 4.79 Å². The van der Waals surface area contributed by atoms with Gasteiger partial charge in [-0.05, 0) is 51.0 Å². The van der Waals surface area contributed by atoms with Gasteiger partial charge in [0.15, 0.2) is 0 Å². The van der Waals surface area contributed by atoms with E-state index in [0.29, 0.717) is 6.04 Å². The first-order valence-electron chi connectivity index (χ1n) is 10.4. The molecule has 0 unspecified atom stereocenters. The highest BCUT2D eigenvalue weighted by Gasteiger charge is 2.24. The Morgan fingerprint density at radius 1 is 1.00 bits per heavy atom. The van der Waals surface area contributed by atoms with Gasteiger partial charge >= 0.3 is 6.03 Å². The van der Waals surface area contributed by atoms with Gasteiger partial charge in [0.1, 0.15) is 0 Å². The minimum absolute atomic E-state index is 0.133. The molecule has 2 fully saturated rings. The van der Waals surface area contributed by atoms with Gasteiger partial charge in [0, 0.05) is 56.7 Å². The molecule has 1 saturated carbocycles. The molecule has 0 aromatic heterocycles. The van der Waals surface area contributed by atoms with Crippen molar-refractivity contribution in [2.75, 3.05) is 49.1 Å². The van der Waals surface area contributed by atoms with Crippen LogP contribution in [0.2, 0.25) is 0 Å². The summed E-state index contributed by atoms with van der Waals surface area (Å²) in [5.41, 5.74) is 2.54. The summed E-state index contributed by atoms with van der Waals surface area (Å²) in [7, 11) is 0. The highest BCUT2D eigenvalue weighted by Crippen LogP contribution is 2.22. The molecule has 1 aliphatic carbocycles. The van der Waals surface area contributed by atoms with Crippen molar-refractivity contribution in [3.8, 4) is 0 Å². The molecule has 0 atom stereocenters. The fourth-order valence-electron chi connectivity index (χ4n) is 4.14. The quantitative estimate of drug-likeness (QED) is 0.872. The van der Waals surface area contributed by atoms with Crippen LogP contribution in [0.3, 0.4) is 0 Å². The number of urea groups is 1. The molecule has 0 spiro atoms. The van der Waals surface area contributed by atoms with Crippen molar-refractivity contribution in [2.24, 2.45) is 0 Å². The zero-order valence-corrected chi connectivity index (χ0v) is 16.4. The fourth-order valence-corrected chi connectivity index (χ4v) is 4.14. The number of carbonyl (C=O) groups excluding carboxylic acids is 1. The van der Waals surface area contributed by atoms with E-state index in [4.69, 9.17) is 0 Å². The molecule has 144 valence electrons. The molecule has 3 rings (SSSR count). The van der Waals surface area contributed by atoms with Crippen LogP contribution in [0.15, 0.2) is 24.3 Å². The SMILES string of the molecule is CCN(CC)c1ccc(N2CCN(C(=O)NC3CCCCC3)CC2)cc1. The van der Waals surface area contributed by atoms with Crippen LogP contribution < -0.4 is 15.1 Å². The molecule has 0 bridgehead atoms. The van der Waals surface area contributed by atoms with Crippen molar-refractivity contribution < 1.29 is 4.79 Å². The third-order valence-electron chi connectivity index (χ3n) is 5.84. The standard InChI is InChI=1S/C21H34N4O/c1-3-23(4-2)19-10-12-20(13-11-19)24-14-16-25(17-15-24)21(26)22-18-8-6-5-7-9-18/h10-13,18H,3-9,14-17H2,1-2H3,(H,22,26). The summed E-state index contributed by atoms with van der Waals surface area (Å²) in [6.07, 6.45) is 6.11. The van der Waals surface area contributed by atoms with Gasteiger partial charge in [0.2, 0.25) is 0 Å². The third kappa shape index (κ3) is 4.63. The highest BCUT2D eigenvalue weighted by atomic mass is 16.2. The minimum Gasteiger partial charge on any atom is -0.372 e. The first kappa shape index (κ1) is 18.9. The molecular formula is C21H34N4O. The summed E-state index contributed by atoms with van der Waals surface area (Å²) in [5.74, 6) is 0. The first-order chi connectivity index (χ1) is 12.7. The van der Waals surface area contributed by atoms with E-state index >= 15 is 0 Å². The van der Waals surface area contributed by atoms with Crippen LogP contribution in [0.4, 0.5) is 16.2 Å². The van der Waals surface area contributed by atoms with Crippen molar-refractivity contribution in [1.29, 1.82) is 0 Å². The normalized spacial score (nSPS) is 18.7. The average molecular weight is 359 g/mol. The van der Waals surface area contributed by atoms with Crippen LogP contribution in [0.5, 0.6) is 0 Å². The molecule has 2 amide bonds. The second kappa shape index (κ2) is 9.15. The molecule has 5 nitrogen and oxygen atoms in total. The zero-order valence-electron chi connectivity index (χ0n) is 16.4. The summed E-state index contributed by atoms with van der Waals surface area (Å²) in [4.78, 5) is 19.2. The van der Waals surface area contributed by atoms with E-state index in [-0.39, 0.29) is 6.03 Å². The van der Waals surface area contributed by atoms with Crippen LogP contribution >= 0.6 is 0 Å². The van der Waals surface area contributed by atoms with E-state index in [1.165, 1.54) is 30.6 Å². The summed E-state index contributed by atoms with van der Waals surface area (Å²) >= 11 is 0. The van der Waals surface area contributed by atoms with Gasteiger partial charge in [-0.15, -0.1) is 0 Å². The molecule has 1 aromatic rings. The minimum atomic E-state index is 0.133. The molecule has 1 aromatic carbocycles. The van der Waals surface area contributed by atoms with Gasteiger partial charge in [-0.2, -0.15) is 0 Å². The lowest BCUT2D eigenvalue weighted by Gasteiger charge is -2.37. The number of piperazine rings is 1. The smallest absolute Gasteiger partial charge is 0.317 e. The Bertz CT molecular complexity index is 556.